The van der Waals surface area contributed by atoms with Crippen molar-refractivity contribution in [3.05, 3.63) is 11.4 Å². The topological polar surface area (TPSA) is 42.7 Å². The Morgan fingerprint density at radius 1 is 1.82 bits per heavy atom. The fraction of sp³-hybridized carbons (Fsp3) is 0.429. The summed E-state index contributed by atoms with van der Waals surface area (Å²) in [7, 11) is 0. The van der Waals surface area contributed by atoms with Crippen LogP contribution in [0.3, 0.4) is 0 Å². The summed E-state index contributed by atoms with van der Waals surface area (Å²) in [4.78, 5) is 13.6. The van der Waals surface area contributed by atoms with Gasteiger partial charge in [-0.15, -0.1) is 6.42 Å². The van der Waals surface area contributed by atoms with Crippen LogP contribution >= 0.6 is 0 Å². The second kappa shape index (κ2) is 6.44. The van der Waals surface area contributed by atoms with Crippen molar-refractivity contribution < 1.29 is 9.53 Å². The van der Waals surface area contributed by atoms with Gasteiger partial charge in [-0.2, -0.15) is 0 Å². The van der Waals surface area contributed by atoms with E-state index in [9.17, 15) is 4.79 Å². The van der Waals surface area contributed by atoms with Gasteiger partial charge in [0.25, 0.3) is 0 Å². The third kappa shape index (κ3) is 6.20. The minimum Gasteiger partial charge on any atom is -0.436 e. The smallest absolute Gasteiger partial charge is 0.408 e. The highest BCUT2D eigenvalue weighted by Crippen LogP contribution is 1.75. The number of carbonyl (C=O) groups is 1. The maximum atomic E-state index is 10.5. The van der Waals surface area contributed by atoms with E-state index < -0.39 is 6.09 Å². The third-order valence-electron chi connectivity index (χ3n) is 0.780. The maximum absolute atomic E-state index is 10.5. The molecule has 0 saturated heterocycles. The van der Waals surface area contributed by atoms with Gasteiger partial charge in [0.2, 0.25) is 6.54 Å². The lowest BCUT2D eigenvalue weighted by Crippen LogP contribution is -2.26. The molecule has 0 saturated carbocycles. The van der Waals surface area contributed by atoms with Gasteiger partial charge in [-0.25, -0.2) is 11.4 Å². The molecule has 0 atom stereocenters. The molecule has 0 aromatic heterocycles. The predicted octanol–water partition coefficient (Wildman–Crippen LogP) is 0.265. The molecule has 1 amide bonds. The monoisotopic (exact) mass is 152 g/mol. The van der Waals surface area contributed by atoms with Crippen molar-refractivity contribution >= 4 is 6.09 Å². The van der Waals surface area contributed by atoms with Crippen molar-refractivity contribution in [1.82, 2.24) is 5.32 Å². The SMILES string of the molecule is [C-]#[N+]CCNC(=O)OCC#C. The van der Waals surface area contributed by atoms with Crippen molar-refractivity contribution in [2.45, 2.75) is 0 Å². The Bertz CT molecular complexity index is 199. The van der Waals surface area contributed by atoms with Gasteiger partial charge in [-0.1, -0.05) is 5.92 Å². The molecule has 4 nitrogen and oxygen atoms in total. The number of rotatable bonds is 3. The van der Waals surface area contributed by atoms with E-state index in [0.717, 1.165) is 0 Å². The van der Waals surface area contributed by atoms with Crippen molar-refractivity contribution in [3.63, 3.8) is 0 Å². The van der Waals surface area contributed by atoms with Crippen molar-refractivity contribution in [1.29, 1.82) is 0 Å². The van der Waals surface area contributed by atoms with Gasteiger partial charge in [-0.05, 0) is 0 Å². The lowest BCUT2D eigenvalue weighted by atomic mass is 10.6. The molecule has 0 heterocycles. The van der Waals surface area contributed by atoms with Gasteiger partial charge < -0.3 is 14.9 Å². The Labute approximate surface area is 65.4 Å². The summed E-state index contributed by atoms with van der Waals surface area (Å²) in [6.07, 6.45) is 4.25. The first-order valence-corrected chi connectivity index (χ1v) is 2.98. The van der Waals surface area contributed by atoms with E-state index in [0.29, 0.717) is 6.54 Å². The molecule has 0 fully saturated rings. The molecule has 0 radical (unpaired) electrons. The average Bonchev–Trinajstić information content (AvgIpc) is 2.01. The van der Waals surface area contributed by atoms with E-state index >= 15 is 0 Å². The minimum atomic E-state index is -0.577. The first kappa shape index (κ1) is 9.32. The number of alkyl carbamates (subject to hydrolysis) is 1. The lowest BCUT2D eigenvalue weighted by Gasteiger charge is -1.99. The van der Waals surface area contributed by atoms with E-state index in [4.69, 9.17) is 13.0 Å². The Balaban J connectivity index is 3.26. The predicted molar refractivity (Wildman–Crippen MR) is 39.7 cm³/mol. The molecule has 0 unspecified atom stereocenters. The van der Waals surface area contributed by atoms with Gasteiger partial charge in [0.05, 0.1) is 6.54 Å². The number of amides is 1. The Morgan fingerprint density at radius 3 is 3.09 bits per heavy atom. The first-order valence-electron chi connectivity index (χ1n) is 2.98. The number of ether oxygens (including phenoxy) is 1. The van der Waals surface area contributed by atoms with Crippen LogP contribution in [-0.4, -0.2) is 25.8 Å². The lowest BCUT2D eigenvalue weighted by molar-refractivity contribution is 0.160. The van der Waals surface area contributed by atoms with Crippen molar-refractivity contribution in [2.24, 2.45) is 0 Å². The van der Waals surface area contributed by atoms with Crippen molar-refractivity contribution in [2.75, 3.05) is 19.7 Å². The van der Waals surface area contributed by atoms with Crippen LogP contribution in [0.2, 0.25) is 0 Å². The average molecular weight is 152 g/mol. The van der Waals surface area contributed by atoms with Gasteiger partial charge in [-0.3, -0.25) is 0 Å². The summed E-state index contributed by atoms with van der Waals surface area (Å²) < 4.78 is 4.45. The fourth-order valence-corrected chi connectivity index (χ4v) is 0.372. The van der Waals surface area contributed by atoms with Crippen LogP contribution in [0.25, 0.3) is 4.85 Å². The highest BCUT2D eigenvalue weighted by Gasteiger charge is 1.98. The summed E-state index contributed by atoms with van der Waals surface area (Å²) in [5.74, 6) is 2.15. The zero-order chi connectivity index (χ0) is 8.53. The summed E-state index contributed by atoms with van der Waals surface area (Å²) in [6.45, 7) is 6.90. The van der Waals surface area contributed by atoms with Crippen molar-refractivity contribution in [3.8, 4) is 12.3 Å². The largest absolute Gasteiger partial charge is 0.436 e. The Morgan fingerprint density at radius 2 is 2.55 bits per heavy atom. The number of hydrogen-bond acceptors (Lipinski definition) is 2. The molecule has 0 aromatic carbocycles. The molecule has 4 heteroatoms. The number of terminal acetylenes is 1. The summed E-state index contributed by atoms with van der Waals surface area (Å²) in [6, 6.07) is 0. The fourth-order valence-electron chi connectivity index (χ4n) is 0.372. The van der Waals surface area contributed by atoms with Gasteiger partial charge in [0, 0.05) is 0 Å². The van der Waals surface area contributed by atoms with E-state index in [1.54, 1.807) is 0 Å². The van der Waals surface area contributed by atoms with Gasteiger partial charge in [0.15, 0.2) is 6.61 Å². The quantitative estimate of drug-likeness (QED) is 0.358. The maximum Gasteiger partial charge on any atom is 0.408 e. The van der Waals surface area contributed by atoms with Crippen LogP contribution in [0.15, 0.2) is 0 Å². The van der Waals surface area contributed by atoms with Gasteiger partial charge >= 0.3 is 6.09 Å². The molecule has 0 rings (SSSR count). The summed E-state index contributed by atoms with van der Waals surface area (Å²) in [5, 5.41) is 2.35. The Kier molecular flexibility index (Phi) is 5.46. The molecule has 0 aromatic rings. The number of nitrogens with one attached hydrogen (secondary N) is 1. The van der Waals surface area contributed by atoms with Crippen LogP contribution in [-0.2, 0) is 4.74 Å². The Hall–Kier alpha value is -1.68. The molecule has 0 aliphatic carbocycles. The summed E-state index contributed by atoms with van der Waals surface area (Å²) in [5.41, 5.74) is 0. The van der Waals surface area contributed by atoms with E-state index in [2.05, 4.69) is 20.8 Å². The molecule has 0 aliphatic heterocycles. The zero-order valence-electron chi connectivity index (χ0n) is 5.96. The van der Waals surface area contributed by atoms with E-state index in [-0.39, 0.29) is 13.2 Å². The number of hydrogen-bond donors (Lipinski definition) is 1. The molecular formula is C7H8N2O2. The van der Waals surface area contributed by atoms with Gasteiger partial charge in [0.1, 0.15) is 0 Å². The minimum absolute atomic E-state index is 0.0378. The normalized spacial score (nSPS) is 7.45. The third-order valence-corrected chi connectivity index (χ3v) is 0.780. The van der Waals surface area contributed by atoms with Crippen LogP contribution in [0.5, 0.6) is 0 Å². The second-order valence-corrected chi connectivity index (χ2v) is 1.59. The highest BCUT2D eigenvalue weighted by molar-refractivity contribution is 5.67. The molecule has 0 spiro atoms. The molecule has 11 heavy (non-hydrogen) atoms. The second-order valence-electron chi connectivity index (χ2n) is 1.59. The summed E-state index contributed by atoms with van der Waals surface area (Å²) >= 11 is 0. The number of carbonyl (C=O) groups excluding carboxylic acids is 1. The molecule has 0 bridgehead atoms. The van der Waals surface area contributed by atoms with E-state index in [1.165, 1.54) is 0 Å². The zero-order valence-corrected chi connectivity index (χ0v) is 5.96. The molecule has 58 valence electrons. The van der Waals surface area contributed by atoms with Crippen LogP contribution in [0.1, 0.15) is 0 Å². The first-order chi connectivity index (χ1) is 5.31. The van der Waals surface area contributed by atoms with E-state index in [1.807, 2.05) is 0 Å². The molecular weight excluding hydrogens is 144 g/mol. The molecule has 1 N–H and O–H groups in total. The van der Waals surface area contributed by atoms with Crippen LogP contribution in [0, 0.1) is 18.9 Å². The van der Waals surface area contributed by atoms with Crippen LogP contribution < -0.4 is 5.32 Å². The molecule has 0 aliphatic rings. The van der Waals surface area contributed by atoms with Crippen LogP contribution in [0.4, 0.5) is 4.79 Å². The number of nitrogens with zero attached hydrogens (tertiary/aromatic N) is 1. The standard InChI is InChI=1S/C7H8N2O2/c1-3-6-11-7(10)9-5-4-8-2/h1H,4-6H2,(H,9,10). The highest BCUT2D eigenvalue weighted by atomic mass is 16.5.